The van der Waals surface area contributed by atoms with Gasteiger partial charge in [-0.25, -0.2) is 9.67 Å². The molecule has 3 rings (SSSR count). The Balaban J connectivity index is 2.34. The second-order valence-corrected chi connectivity index (χ2v) is 4.24. The third kappa shape index (κ3) is 1.79. The summed E-state index contributed by atoms with van der Waals surface area (Å²) in [4.78, 5) is 4.33. The third-order valence-electron chi connectivity index (χ3n) is 2.88. The Morgan fingerprint density at radius 1 is 1.37 bits per heavy atom. The summed E-state index contributed by atoms with van der Waals surface area (Å²) in [6.45, 7) is 1.85. The van der Waals surface area contributed by atoms with Gasteiger partial charge in [0.15, 0.2) is 0 Å². The van der Waals surface area contributed by atoms with Crippen LogP contribution in [0.5, 0.6) is 5.75 Å². The van der Waals surface area contributed by atoms with Crippen molar-refractivity contribution in [2.75, 3.05) is 0 Å². The monoisotopic (exact) mass is 250 g/mol. The summed E-state index contributed by atoms with van der Waals surface area (Å²) >= 11 is 0. The van der Waals surface area contributed by atoms with Crippen LogP contribution < -0.4 is 0 Å². The lowest BCUT2D eigenvalue weighted by atomic mass is 10.1. The van der Waals surface area contributed by atoms with Crippen LogP contribution in [0.2, 0.25) is 0 Å². The van der Waals surface area contributed by atoms with Crippen LogP contribution in [0, 0.1) is 18.3 Å². The Morgan fingerprint density at radius 2 is 2.21 bits per heavy atom. The lowest BCUT2D eigenvalue weighted by Crippen LogP contribution is -1.98. The number of pyridine rings is 1. The fraction of sp³-hybridized carbons (Fsp3) is 0.0714. The molecule has 2 heterocycles. The van der Waals surface area contributed by atoms with Gasteiger partial charge in [-0.15, -0.1) is 0 Å². The van der Waals surface area contributed by atoms with E-state index in [1.807, 2.05) is 25.1 Å². The molecule has 0 saturated heterocycles. The maximum absolute atomic E-state index is 9.87. The first-order valence-corrected chi connectivity index (χ1v) is 5.73. The van der Waals surface area contributed by atoms with Gasteiger partial charge in [0.25, 0.3) is 0 Å². The zero-order chi connectivity index (χ0) is 13.4. The highest BCUT2D eigenvalue weighted by atomic mass is 16.3. The van der Waals surface area contributed by atoms with Crippen LogP contribution in [0.1, 0.15) is 11.3 Å². The van der Waals surface area contributed by atoms with E-state index >= 15 is 0 Å². The second kappa shape index (κ2) is 4.10. The molecule has 1 N–H and O–H groups in total. The summed E-state index contributed by atoms with van der Waals surface area (Å²) in [5.41, 5.74) is 2.59. The predicted molar refractivity (Wildman–Crippen MR) is 70.0 cm³/mol. The highest BCUT2D eigenvalue weighted by Gasteiger charge is 2.10. The van der Waals surface area contributed by atoms with E-state index in [1.165, 1.54) is 6.20 Å². The molecule has 0 fully saturated rings. The van der Waals surface area contributed by atoms with Crippen molar-refractivity contribution in [3.63, 3.8) is 0 Å². The zero-order valence-electron chi connectivity index (χ0n) is 10.2. The molecule has 3 aromatic rings. The molecule has 0 unspecified atom stereocenters. The van der Waals surface area contributed by atoms with E-state index in [4.69, 9.17) is 5.26 Å². The van der Waals surface area contributed by atoms with Crippen LogP contribution in [0.3, 0.4) is 0 Å². The number of hydrogen-bond acceptors (Lipinski definition) is 4. The number of nitrogens with zero attached hydrogens (tertiary/aromatic N) is 4. The summed E-state index contributed by atoms with van der Waals surface area (Å²) in [5, 5.41) is 23.7. The minimum Gasteiger partial charge on any atom is -0.506 e. The zero-order valence-corrected chi connectivity index (χ0v) is 10.2. The van der Waals surface area contributed by atoms with Crippen molar-refractivity contribution in [1.82, 2.24) is 14.8 Å². The number of aromatic nitrogens is 3. The summed E-state index contributed by atoms with van der Waals surface area (Å²) in [6.07, 6.45) is 3.16. The molecule has 0 radical (unpaired) electrons. The summed E-state index contributed by atoms with van der Waals surface area (Å²) < 4.78 is 1.62. The normalized spacial score (nSPS) is 10.5. The Bertz CT molecular complexity index is 814. The molecule has 0 saturated carbocycles. The van der Waals surface area contributed by atoms with Crippen molar-refractivity contribution in [3.05, 3.63) is 47.9 Å². The number of fused-ring (bicyclic) bond motifs is 1. The van der Waals surface area contributed by atoms with Crippen molar-refractivity contribution in [3.8, 4) is 17.5 Å². The Kier molecular flexibility index (Phi) is 2.43. The van der Waals surface area contributed by atoms with Crippen molar-refractivity contribution in [2.45, 2.75) is 6.92 Å². The van der Waals surface area contributed by atoms with E-state index in [0.29, 0.717) is 11.1 Å². The molecule has 0 aliphatic heterocycles. The van der Waals surface area contributed by atoms with Crippen LogP contribution in [-0.2, 0) is 0 Å². The number of hydrogen-bond donors (Lipinski definition) is 1. The maximum Gasteiger partial charge on any atom is 0.141 e. The predicted octanol–water partition coefficient (Wildman–Crippen LogP) is 2.31. The van der Waals surface area contributed by atoms with Crippen LogP contribution in [0.15, 0.2) is 36.7 Å². The van der Waals surface area contributed by atoms with Crippen LogP contribution >= 0.6 is 0 Å². The smallest absolute Gasteiger partial charge is 0.141 e. The van der Waals surface area contributed by atoms with Gasteiger partial charge in [0.05, 0.1) is 17.4 Å². The molecule has 92 valence electrons. The average molecular weight is 250 g/mol. The van der Waals surface area contributed by atoms with Gasteiger partial charge in [0, 0.05) is 17.3 Å². The van der Waals surface area contributed by atoms with Gasteiger partial charge in [0.1, 0.15) is 17.3 Å². The minimum absolute atomic E-state index is 0.134. The number of rotatable bonds is 1. The van der Waals surface area contributed by atoms with Gasteiger partial charge in [-0.1, -0.05) is 12.1 Å². The van der Waals surface area contributed by atoms with E-state index in [1.54, 1.807) is 23.0 Å². The van der Waals surface area contributed by atoms with Crippen molar-refractivity contribution >= 4 is 10.9 Å². The lowest BCUT2D eigenvalue weighted by molar-refractivity contribution is 0.480. The molecule has 2 aromatic heterocycles. The number of phenols is 1. The van der Waals surface area contributed by atoms with E-state index in [-0.39, 0.29) is 5.75 Å². The van der Waals surface area contributed by atoms with Gasteiger partial charge >= 0.3 is 0 Å². The molecule has 0 bridgehead atoms. The quantitative estimate of drug-likeness (QED) is 0.719. The highest BCUT2D eigenvalue weighted by molar-refractivity contribution is 5.91. The van der Waals surface area contributed by atoms with Crippen molar-refractivity contribution in [2.24, 2.45) is 0 Å². The Morgan fingerprint density at radius 3 is 2.95 bits per heavy atom. The van der Waals surface area contributed by atoms with E-state index in [0.717, 1.165) is 16.8 Å². The number of aromatic hydroxyl groups is 1. The Labute approximate surface area is 109 Å². The fourth-order valence-corrected chi connectivity index (χ4v) is 2.04. The van der Waals surface area contributed by atoms with Gasteiger partial charge in [-0.05, 0) is 19.1 Å². The van der Waals surface area contributed by atoms with Gasteiger partial charge in [0.2, 0.25) is 0 Å². The van der Waals surface area contributed by atoms with Crippen molar-refractivity contribution in [1.29, 1.82) is 5.26 Å². The molecular formula is C14H10N4O. The van der Waals surface area contributed by atoms with Crippen LogP contribution in [0.25, 0.3) is 16.6 Å². The molecule has 0 amide bonds. The van der Waals surface area contributed by atoms with Crippen molar-refractivity contribution < 1.29 is 5.11 Å². The fourth-order valence-electron chi connectivity index (χ4n) is 2.04. The molecule has 19 heavy (non-hydrogen) atoms. The number of nitriles is 1. The number of benzene rings is 1. The van der Waals surface area contributed by atoms with E-state index in [9.17, 15) is 5.11 Å². The second-order valence-electron chi connectivity index (χ2n) is 4.24. The topological polar surface area (TPSA) is 74.7 Å². The van der Waals surface area contributed by atoms with Crippen LogP contribution in [-0.4, -0.2) is 19.9 Å². The molecule has 0 aliphatic rings. The minimum atomic E-state index is 0.134. The summed E-state index contributed by atoms with van der Waals surface area (Å²) in [7, 11) is 0. The first-order valence-electron chi connectivity index (χ1n) is 5.73. The molecular weight excluding hydrogens is 240 g/mol. The third-order valence-corrected chi connectivity index (χ3v) is 2.88. The maximum atomic E-state index is 9.87. The van der Waals surface area contributed by atoms with Gasteiger partial charge in [-0.2, -0.15) is 10.4 Å². The highest BCUT2D eigenvalue weighted by Crippen LogP contribution is 2.27. The van der Waals surface area contributed by atoms with E-state index in [2.05, 4.69) is 10.1 Å². The molecule has 0 aliphatic carbocycles. The lowest BCUT2D eigenvalue weighted by Gasteiger charge is -2.08. The van der Waals surface area contributed by atoms with Crippen LogP contribution in [0.4, 0.5) is 0 Å². The standard InChI is InChI=1S/C14H10N4O/c1-9-5-12(18-8-10(6-15)7-16-18)11-3-2-4-13(19)14(11)17-9/h2-5,7-8,19H,1H3. The number of para-hydroxylation sites is 1. The van der Waals surface area contributed by atoms with E-state index < -0.39 is 0 Å². The first-order chi connectivity index (χ1) is 9.19. The van der Waals surface area contributed by atoms with Gasteiger partial charge < -0.3 is 5.11 Å². The molecule has 0 atom stereocenters. The molecule has 0 spiro atoms. The molecule has 5 heteroatoms. The first kappa shape index (κ1) is 11.2. The summed E-state index contributed by atoms with van der Waals surface area (Å²) in [5.74, 6) is 0.134. The molecule has 1 aromatic carbocycles. The SMILES string of the molecule is Cc1cc(-n2cc(C#N)cn2)c2cccc(O)c2n1. The van der Waals surface area contributed by atoms with Gasteiger partial charge in [-0.3, -0.25) is 0 Å². The average Bonchev–Trinajstić information content (AvgIpc) is 2.88. The number of phenolic OH excluding ortho intramolecular Hbond substituents is 1. The summed E-state index contributed by atoms with van der Waals surface area (Å²) in [6, 6.07) is 9.14. The largest absolute Gasteiger partial charge is 0.506 e. The number of aryl methyl sites for hydroxylation is 1. The molecule has 5 nitrogen and oxygen atoms in total. The Hall–Kier alpha value is -2.87.